The molecular formula is C46H26N4S2. The summed E-state index contributed by atoms with van der Waals surface area (Å²) in [6, 6.07) is 51.3. The average Bonchev–Trinajstić information content (AvgIpc) is 4.03. The number of nitriles is 2. The van der Waals surface area contributed by atoms with Gasteiger partial charge < -0.3 is 9.13 Å². The summed E-state index contributed by atoms with van der Waals surface area (Å²) in [5, 5.41) is 34.4. The first kappa shape index (κ1) is 30.2. The molecule has 4 nitrogen and oxygen atoms in total. The van der Waals surface area contributed by atoms with Gasteiger partial charge in [0, 0.05) is 32.8 Å². The van der Waals surface area contributed by atoms with Crippen molar-refractivity contribution in [3.05, 3.63) is 166 Å². The first-order chi connectivity index (χ1) is 25.7. The van der Waals surface area contributed by atoms with E-state index in [9.17, 15) is 10.5 Å². The fourth-order valence-corrected chi connectivity index (χ4v) is 9.05. The second kappa shape index (κ2) is 12.0. The second-order valence-electron chi connectivity index (χ2n) is 12.9. The number of benzene rings is 6. The largest absolute Gasteiger partial charge is 0.309 e. The summed E-state index contributed by atoms with van der Waals surface area (Å²) < 4.78 is 4.46. The Labute approximate surface area is 307 Å². The van der Waals surface area contributed by atoms with Gasteiger partial charge in [0.2, 0.25) is 0 Å². The molecule has 10 rings (SSSR count). The molecule has 0 amide bonds. The number of para-hydroxylation sites is 2. The maximum Gasteiger partial charge on any atom is 0.102 e. The maximum absolute atomic E-state index is 10.9. The lowest BCUT2D eigenvalue weighted by atomic mass is 9.95. The zero-order valence-corrected chi connectivity index (χ0v) is 29.2. The Hall–Kier alpha value is -6.70. The van der Waals surface area contributed by atoms with Crippen molar-refractivity contribution in [3.8, 4) is 56.9 Å². The Morgan fingerprint density at radius 3 is 1.81 bits per heavy atom. The second-order valence-corrected chi connectivity index (χ2v) is 14.4. The summed E-state index contributed by atoms with van der Waals surface area (Å²) >= 11 is 3.38. The fraction of sp³-hybridized carbons (Fsp3) is 0. The fourth-order valence-electron chi connectivity index (χ4n) is 7.72. The van der Waals surface area contributed by atoms with Crippen molar-refractivity contribution in [2.24, 2.45) is 0 Å². The predicted octanol–water partition coefficient (Wildman–Crippen LogP) is 12.7. The van der Waals surface area contributed by atoms with Crippen LogP contribution < -0.4 is 0 Å². The van der Waals surface area contributed by atoms with Crippen molar-refractivity contribution in [1.29, 1.82) is 10.5 Å². The molecule has 6 aromatic carbocycles. The van der Waals surface area contributed by atoms with Crippen molar-refractivity contribution in [1.82, 2.24) is 9.13 Å². The van der Waals surface area contributed by atoms with Gasteiger partial charge in [-0.15, -0.1) is 0 Å². The highest BCUT2D eigenvalue weighted by Gasteiger charge is 2.21. The van der Waals surface area contributed by atoms with E-state index in [-0.39, 0.29) is 0 Å². The van der Waals surface area contributed by atoms with Crippen molar-refractivity contribution < 1.29 is 0 Å². The number of hydrogen-bond donors (Lipinski definition) is 0. The van der Waals surface area contributed by atoms with E-state index in [2.05, 4.69) is 146 Å². The van der Waals surface area contributed by atoms with Crippen LogP contribution in [0.15, 0.2) is 155 Å². The Morgan fingerprint density at radius 2 is 1.10 bits per heavy atom. The molecule has 242 valence electrons. The molecular weight excluding hydrogens is 673 g/mol. The minimum absolute atomic E-state index is 0.493. The zero-order chi connectivity index (χ0) is 34.8. The van der Waals surface area contributed by atoms with Crippen molar-refractivity contribution in [2.45, 2.75) is 0 Å². The van der Waals surface area contributed by atoms with E-state index in [1.807, 2.05) is 30.3 Å². The first-order valence-corrected chi connectivity index (χ1v) is 18.8. The van der Waals surface area contributed by atoms with Crippen LogP contribution in [0.3, 0.4) is 0 Å². The van der Waals surface area contributed by atoms with E-state index in [4.69, 9.17) is 0 Å². The van der Waals surface area contributed by atoms with E-state index < -0.39 is 0 Å². The molecule has 0 aliphatic rings. The van der Waals surface area contributed by atoms with Gasteiger partial charge in [-0.25, -0.2) is 0 Å². The molecule has 0 aliphatic carbocycles. The van der Waals surface area contributed by atoms with Gasteiger partial charge in [-0.05, 0) is 116 Å². The molecule has 0 saturated heterocycles. The molecule has 6 heteroatoms. The summed E-state index contributed by atoms with van der Waals surface area (Å²) in [5.74, 6) is 0. The van der Waals surface area contributed by atoms with Gasteiger partial charge in [0.25, 0.3) is 0 Å². The minimum atomic E-state index is 0.493. The van der Waals surface area contributed by atoms with Gasteiger partial charge in [0.05, 0.1) is 45.0 Å². The number of thiophene rings is 2. The summed E-state index contributed by atoms with van der Waals surface area (Å²) in [6.45, 7) is 0. The Morgan fingerprint density at radius 1 is 0.442 bits per heavy atom. The first-order valence-electron chi connectivity index (χ1n) is 16.9. The van der Waals surface area contributed by atoms with E-state index >= 15 is 0 Å². The smallest absolute Gasteiger partial charge is 0.102 e. The third-order valence-electron chi connectivity index (χ3n) is 10.1. The van der Waals surface area contributed by atoms with Crippen LogP contribution in [0.1, 0.15) is 11.1 Å². The number of hydrogen-bond acceptors (Lipinski definition) is 4. The van der Waals surface area contributed by atoms with E-state index in [0.717, 1.165) is 55.2 Å². The lowest BCUT2D eigenvalue weighted by Gasteiger charge is -2.16. The quantitative estimate of drug-likeness (QED) is 0.180. The number of rotatable bonds is 5. The molecule has 0 N–H and O–H groups in total. The lowest BCUT2D eigenvalue weighted by molar-refractivity contribution is 1.16. The van der Waals surface area contributed by atoms with Gasteiger partial charge in [-0.3, -0.25) is 0 Å². The number of nitrogens with zero attached hydrogens (tertiary/aromatic N) is 4. The SMILES string of the molecule is N#Cc1cc(-c2cccc(-n3c4ccccc4c4ccc(-c5ccsc5)cc43)c2)c(C#N)c(-n2c3ccccc3c3cc(-c4ccsc4)ccc32)c1. The van der Waals surface area contributed by atoms with Crippen LogP contribution >= 0.6 is 22.7 Å². The molecule has 10 aromatic rings. The van der Waals surface area contributed by atoms with Crippen LogP contribution in [0.4, 0.5) is 0 Å². The molecule has 0 aliphatic heterocycles. The molecule has 0 spiro atoms. The van der Waals surface area contributed by atoms with Crippen LogP contribution in [0, 0.1) is 22.7 Å². The number of aromatic nitrogens is 2. The Kier molecular flexibility index (Phi) is 6.94. The summed E-state index contributed by atoms with van der Waals surface area (Å²) in [5.41, 5.74) is 13.2. The maximum atomic E-state index is 10.9. The van der Waals surface area contributed by atoms with Crippen LogP contribution in [0.5, 0.6) is 0 Å². The van der Waals surface area contributed by atoms with Gasteiger partial charge in [0.15, 0.2) is 0 Å². The van der Waals surface area contributed by atoms with E-state index in [1.54, 1.807) is 22.7 Å². The van der Waals surface area contributed by atoms with Gasteiger partial charge in [-0.1, -0.05) is 66.7 Å². The standard InChI is InChI=1S/C46H26N4S2/c47-25-29-20-39(41(26-48)45(21-29)50-43-11-4-2-9-37(43)40-23-30(13-15-44(40)50)33-16-18-51-27-33)32-6-5-7-35(22-32)49-42-10-3-1-8-36(42)38-14-12-31(24-46(38)49)34-17-19-52-28-34/h1-24,27-28H. The van der Waals surface area contributed by atoms with E-state index in [1.165, 1.54) is 27.5 Å². The molecule has 0 radical (unpaired) electrons. The monoisotopic (exact) mass is 698 g/mol. The highest BCUT2D eigenvalue weighted by atomic mass is 32.1. The van der Waals surface area contributed by atoms with Crippen molar-refractivity contribution >= 4 is 66.3 Å². The third kappa shape index (κ3) is 4.63. The van der Waals surface area contributed by atoms with Gasteiger partial charge >= 0.3 is 0 Å². The highest BCUT2D eigenvalue weighted by molar-refractivity contribution is 7.08. The Bertz CT molecular complexity index is 3090. The molecule has 4 aromatic heterocycles. The van der Waals surface area contributed by atoms with Gasteiger partial charge in [0.1, 0.15) is 6.07 Å². The molecule has 0 saturated carbocycles. The Balaban J connectivity index is 1.20. The summed E-state index contributed by atoms with van der Waals surface area (Å²) in [6.07, 6.45) is 0. The number of fused-ring (bicyclic) bond motifs is 6. The zero-order valence-electron chi connectivity index (χ0n) is 27.6. The topological polar surface area (TPSA) is 57.4 Å². The molecule has 0 bridgehead atoms. The average molecular weight is 699 g/mol. The third-order valence-corrected chi connectivity index (χ3v) is 11.4. The molecule has 0 atom stereocenters. The van der Waals surface area contributed by atoms with Crippen molar-refractivity contribution in [3.63, 3.8) is 0 Å². The lowest BCUT2D eigenvalue weighted by Crippen LogP contribution is -2.01. The van der Waals surface area contributed by atoms with Crippen LogP contribution in [-0.2, 0) is 0 Å². The summed E-state index contributed by atoms with van der Waals surface area (Å²) in [4.78, 5) is 0. The van der Waals surface area contributed by atoms with Crippen LogP contribution in [0.25, 0.3) is 88.4 Å². The highest BCUT2D eigenvalue weighted by Crippen LogP contribution is 2.40. The molecule has 52 heavy (non-hydrogen) atoms. The molecule has 4 heterocycles. The molecule has 0 unspecified atom stereocenters. The predicted molar refractivity (Wildman–Crippen MR) is 217 cm³/mol. The van der Waals surface area contributed by atoms with Crippen LogP contribution in [0.2, 0.25) is 0 Å². The minimum Gasteiger partial charge on any atom is -0.309 e. The van der Waals surface area contributed by atoms with Gasteiger partial charge in [-0.2, -0.15) is 33.2 Å². The van der Waals surface area contributed by atoms with Crippen molar-refractivity contribution in [2.75, 3.05) is 0 Å². The molecule has 0 fully saturated rings. The normalized spacial score (nSPS) is 11.4. The summed E-state index contributed by atoms with van der Waals surface area (Å²) in [7, 11) is 0. The van der Waals surface area contributed by atoms with Crippen LogP contribution in [-0.4, -0.2) is 9.13 Å². The van der Waals surface area contributed by atoms with E-state index in [0.29, 0.717) is 16.8 Å².